The van der Waals surface area contributed by atoms with Gasteiger partial charge in [-0.3, -0.25) is 4.79 Å². The maximum atomic E-state index is 15.2. The second kappa shape index (κ2) is 10.5. The van der Waals surface area contributed by atoms with Crippen LogP contribution in [0.25, 0.3) is 33.7 Å². The van der Waals surface area contributed by atoms with E-state index in [1.54, 1.807) is 44.4 Å². The Bertz CT molecular complexity index is 1550. The number of halogens is 1. The fraction of sp³-hybridized carbons (Fsp3) is 0.286. The van der Waals surface area contributed by atoms with Gasteiger partial charge in [0.2, 0.25) is 0 Å². The number of carbonyl (C=O) groups excluding carboxylic acids is 1. The number of amides is 1. The molecule has 10 heteroatoms. The number of nitrogens with one attached hydrogen (secondary N) is 1. The zero-order valence-corrected chi connectivity index (χ0v) is 21.2. The van der Waals surface area contributed by atoms with Crippen molar-refractivity contribution in [1.82, 2.24) is 14.9 Å². The summed E-state index contributed by atoms with van der Waals surface area (Å²) in [5.74, 6) is -0.173. The topological polar surface area (TPSA) is 114 Å². The van der Waals surface area contributed by atoms with Crippen LogP contribution in [0.5, 0.6) is 5.75 Å². The van der Waals surface area contributed by atoms with Crippen LogP contribution in [0.2, 0.25) is 0 Å². The number of pyridine rings is 2. The number of fused-ring (bicyclic) bond motifs is 1. The van der Waals surface area contributed by atoms with Gasteiger partial charge in [0, 0.05) is 45.6 Å². The van der Waals surface area contributed by atoms with Crippen LogP contribution < -0.4 is 10.1 Å². The second-order valence-corrected chi connectivity index (χ2v) is 9.18. The van der Waals surface area contributed by atoms with Crippen molar-refractivity contribution >= 4 is 22.7 Å². The molecule has 1 amide bonds. The van der Waals surface area contributed by atoms with E-state index in [-0.39, 0.29) is 23.1 Å². The number of aromatic nitrogens is 2. The van der Waals surface area contributed by atoms with E-state index in [1.165, 1.54) is 18.2 Å². The Balaban J connectivity index is 1.55. The van der Waals surface area contributed by atoms with Gasteiger partial charge in [0.25, 0.3) is 5.91 Å². The van der Waals surface area contributed by atoms with E-state index < -0.39 is 5.82 Å². The van der Waals surface area contributed by atoms with E-state index in [9.17, 15) is 10.1 Å². The first kappa shape index (κ1) is 25.2. The highest BCUT2D eigenvalue weighted by Crippen LogP contribution is 2.38. The van der Waals surface area contributed by atoms with E-state index in [0.29, 0.717) is 58.3 Å². The van der Waals surface area contributed by atoms with Gasteiger partial charge in [-0.15, -0.1) is 0 Å². The number of nitrogens with zero attached hydrogens (tertiary/aromatic N) is 4. The van der Waals surface area contributed by atoms with Crippen LogP contribution in [-0.4, -0.2) is 61.2 Å². The lowest BCUT2D eigenvalue weighted by atomic mass is 10.0. The van der Waals surface area contributed by atoms with Crippen molar-refractivity contribution in [2.75, 3.05) is 39.7 Å². The second-order valence-electron chi connectivity index (χ2n) is 9.18. The third-order valence-electron chi connectivity index (χ3n) is 6.46. The molecule has 1 aliphatic heterocycles. The Morgan fingerprint density at radius 3 is 2.68 bits per heavy atom. The van der Waals surface area contributed by atoms with Gasteiger partial charge < -0.3 is 24.1 Å². The molecule has 0 aliphatic carbocycles. The average Bonchev–Trinajstić information content (AvgIpc) is 3.37. The molecule has 0 bridgehead atoms. The first-order valence-electron chi connectivity index (χ1n) is 12.1. The predicted octanol–water partition coefficient (Wildman–Crippen LogP) is 4.87. The van der Waals surface area contributed by atoms with Gasteiger partial charge in [0.1, 0.15) is 23.0 Å². The van der Waals surface area contributed by atoms with Crippen LogP contribution >= 0.6 is 0 Å². The summed E-state index contributed by atoms with van der Waals surface area (Å²) in [7, 11) is 4.76. The molecule has 194 valence electrons. The molecular weight excluding hydrogens is 489 g/mol. The van der Waals surface area contributed by atoms with Gasteiger partial charge in [-0.1, -0.05) is 6.07 Å². The van der Waals surface area contributed by atoms with Crippen molar-refractivity contribution in [3.05, 3.63) is 59.7 Å². The summed E-state index contributed by atoms with van der Waals surface area (Å²) < 4.78 is 32.1. The molecule has 5 rings (SSSR count). The van der Waals surface area contributed by atoms with Crippen LogP contribution in [0.3, 0.4) is 0 Å². The molecule has 0 atom stereocenters. The van der Waals surface area contributed by atoms with E-state index in [0.717, 1.165) is 19.0 Å². The predicted molar refractivity (Wildman–Crippen MR) is 139 cm³/mol. The number of carbonyl (C=O) groups is 1. The van der Waals surface area contributed by atoms with E-state index in [4.69, 9.17) is 13.9 Å². The highest BCUT2D eigenvalue weighted by Gasteiger charge is 2.22. The third-order valence-corrected chi connectivity index (χ3v) is 6.46. The van der Waals surface area contributed by atoms with Gasteiger partial charge in [-0.2, -0.15) is 5.26 Å². The van der Waals surface area contributed by atoms with Crippen molar-refractivity contribution < 1.29 is 23.1 Å². The molecule has 9 nitrogen and oxygen atoms in total. The van der Waals surface area contributed by atoms with Crippen LogP contribution in [0, 0.1) is 17.1 Å². The summed E-state index contributed by atoms with van der Waals surface area (Å²) in [4.78, 5) is 22.4. The molecule has 0 spiro atoms. The standard InChI is InChI=1S/C28H26FN5O4/c1-34(2)28(35)18-11-23(36-3)26(32-14-18)24-12-22-27(38-24)25(20(29)15-31-22)16-4-5-21(17(10-16)13-30)33-19-6-8-37-9-7-19/h4-5,10-12,14-15,19,33H,6-9H2,1-3H3. The molecule has 4 aromatic rings. The number of hydrogen-bond donors (Lipinski definition) is 1. The van der Waals surface area contributed by atoms with Crippen LogP contribution in [0.4, 0.5) is 10.1 Å². The van der Waals surface area contributed by atoms with E-state index in [2.05, 4.69) is 21.4 Å². The number of rotatable bonds is 6. The first-order chi connectivity index (χ1) is 18.4. The minimum atomic E-state index is -0.584. The van der Waals surface area contributed by atoms with Crippen molar-refractivity contribution in [3.8, 4) is 34.4 Å². The molecule has 1 aliphatic rings. The fourth-order valence-electron chi connectivity index (χ4n) is 4.48. The number of methoxy groups -OCH3 is 1. The summed E-state index contributed by atoms with van der Waals surface area (Å²) in [6.45, 7) is 1.35. The van der Waals surface area contributed by atoms with Crippen molar-refractivity contribution in [2.45, 2.75) is 18.9 Å². The Hall–Kier alpha value is -4.49. The van der Waals surface area contributed by atoms with Crippen LogP contribution in [-0.2, 0) is 4.74 Å². The normalized spacial score (nSPS) is 13.8. The zero-order valence-electron chi connectivity index (χ0n) is 21.2. The van der Waals surface area contributed by atoms with Crippen molar-refractivity contribution in [2.24, 2.45) is 0 Å². The molecule has 1 saturated heterocycles. The number of hydrogen-bond acceptors (Lipinski definition) is 8. The van der Waals surface area contributed by atoms with Crippen LogP contribution in [0.1, 0.15) is 28.8 Å². The van der Waals surface area contributed by atoms with Crippen molar-refractivity contribution in [1.29, 1.82) is 5.26 Å². The molecule has 3 aromatic heterocycles. The molecule has 4 heterocycles. The molecular formula is C28H26FN5O4. The SMILES string of the molecule is COc1cc(C(=O)N(C)C)cnc1-c1cc2ncc(F)c(-c3ccc(NC4CCOCC4)c(C#N)c3)c2o1. The number of furan rings is 1. The fourth-order valence-corrected chi connectivity index (χ4v) is 4.48. The number of anilines is 1. The highest BCUT2D eigenvalue weighted by molar-refractivity contribution is 5.96. The average molecular weight is 516 g/mol. The van der Waals surface area contributed by atoms with Gasteiger partial charge in [-0.05, 0) is 36.6 Å². The minimum absolute atomic E-state index is 0.189. The zero-order chi connectivity index (χ0) is 26.8. The molecule has 38 heavy (non-hydrogen) atoms. The Kier molecular flexibility index (Phi) is 6.94. The quantitative estimate of drug-likeness (QED) is 0.387. The summed E-state index contributed by atoms with van der Waals surface area (Å²) in [6.07, 6.45) is 4.26. The molecule has 0 radical (unpaired) electrons. The lowest BCUT2D eigenvalue weighted by Gasteiger charge is -2.24. The largest absolute Gasteiger partial charge is 0.494 e. The lowest BCUT2D eigenvalue weighted by molar-refractivity contribution is 0.0826. The lowest BCUT2D eigenvalue weighted by Crippen LogP contribution is -2.28. The number of benzene rings is 1. The van der Waals surface area contributed by atoms with Gasteiger partial charge >= 0.3 is 0 Å². The van der Waals surface area contributed by atoms with E-state index >= 15 is 4.39 Å². The summed E-state index contributed by atoms with van der Waals surface area (Å²) in [5.41, 5.74) is 3.09. The van der Waals surface area contributed by atoms with Gasteiger partial charge in [0.05, 0.1) is 35.7 Å². The van der Waals surface area contributed by atoms with Crippen LogP contribution in [0.15, 0.2) is 47.1 Å². The monoisotopic (exact) mass is 515 g/mol. The number of ether oxygens (including phenoxy) is 2. The maximum Gasteiger partial charge on any atom is 0.255 e. The third kappa shape index (κ3) is 4.76. The van der Waals surface area contributed by atoms with Crippen molar-refractivity contribution in [3.63, 3.8) is 0 Å². The molecule has 0 unspecified atom stereocenters. The summed E-state index contributed by atoms with van der Waals surface area (Å²) >= 11 is 0. The summed E-state index contributed by atoms with van der Waals surface area (Å²) in [5, 5.41) is 13.2. The number of nitriles is 1. The van der Waals surface area contributed by atoms with Gasteiger partial charge in [0.15, 0.2) is 17.2 Å². The Morgan fingerprint density at radius 1 is 1.18 bits per heavy atom. The van der Waals surface area contributed by atoms with E-state index in [1.807, 2.05) is 0 Å². The molecule has 1 fully saturated rings. The maximum absolute atomic E-state index is 15.2. The minimum Gasteiger partial charge on any atom is -0.494 e. The highest BCUT2D eigenvalue weighted by atomic mass is 19.1. The molecule has 1 aromatic carbocycles. The summed E-state index contributed by atoms with van der Waals surface area (Å²) in [6, 6.07) is 10.8. The first-order valence-corrected chi connectivity index (χ1v) is 12.1. The Morgan fingerprint density at radius 2 is 1.97 bits per heavy atom. The molecule has 0 saturated carbocycles. The van der Waals surface area contributed by atoms with Gasteiger partial charge in [-0.25, -0.2) is 14.4 Å². The smallest absolute Gasteiger partial charge is 0.255 e. The molecule has 1 N–H and O–H groups in total. The Labute approximate surface area is 218 Å².